The van der Waals surface area contributed by atoms with Crippen molar-refractivity contribution in [2.24, 2.45) is 0 Å². The molecule has 0 saturated heterocycles. The minimum absolute atomic E-state index is 0. The van der Waals surface area contributed by atoms with Crippen LogP contribution >= 0.6 is 0 Å². The smallest absolute Gasteiger partial charge is 0.123 e. The Balaban J connectivity index is 0.00000169. The first-order valence-electron chi connectivity index (χ1n) is 4.78. The maximum atomic E-state index is 12.6. The van der Waals surface area contributed by atoms with E-state index in [9.17, 15) is 4.39 Å². The summed E-state index contributed by atoms with van der Waals surface area (Å²) in [6, 6.07) is 6.99. The lowest BCUT2D eigenvalue weighted by atomic mass is 10.1. The highest BCUT2D eigenvalue weighted by Gasteiger charge is 2.01. The second kappa shape index (κ2) is 4.85. The Morgan fingerprint density at radius 1 is 1.23 bits per heavy atom. The molecule has 74 valence electrons. The van der Waals surface area contributed by atoms with Crippen LogP contribution in [0.25, 0.3) is 0 Å². The molecule has 0 amide bonds. The lowest BCUT2D eigenvalue weighted by Crippen LogP contribution is -2.16. The zero-order valence-electron chi connectivity index (χ0n) is 8.18. The monoisotopic (exact) mass is 183 g/mol. The van der Waals surface area contributed by atoms with E-state index in [1.807, 2.05) is 0 Å². The molecule has 0 aromatic heterocycles. The van der Waals surface area contributed by atoms with Crippen molar-refractivity contribution in [3.63, 3.8) is 0 Å². The zero-order chi connectivity index (χ0) is 9.68. The molecule has 0 aliphatic rings. The minimum Gasteiger partial charge on any atom is -0.382 e. The molecule has 1 rings (SSSR count). The van der Waals surface area contributed by atoms with Gasteiger partial charge in [0.05, 0.1) is 0 Å². The molecule has 0 aliphatic heterocycles. The maximum absolute atomic E-state index is 12.6. The molecule has 13 heavy (non-hydrogen) atoms. The number of hydrogen-bond acceptors (Lipinski definition) is 1. The van der Waals surface area contributed by atoms with Crippen LogP contribution in [0.2, 0.25) is 0 Å². The number of nitrogens with one attached hydrogen (secondary N) is 1. The van der Waals surface area contributed by atoms with Gasteiger partial charge in [-0.2, -0.15) is 0 Å². The molecule has 1 aromatic rings. The molecular formula is C11H18FN. The van der Waals surface area contributed by atoms with Crippen molar-refractivity contribution in [3.05, 3.63) is 30.1 Å². The van der Waals surface area contributed by atoms with Gasteiger partial charge in [-0.05, 0) is 37.1 Å². The SMILES string of the molecule is CCC(CC)Nc1ccc(F)cc1.[HH]. The standard InChI is InChI=1S/C11H16FN.H2/c1-3-10(4-2)13-11-7-5-9(12)6-8-11;/h5-8,10,13H,3-4H2,1-2H3;1H. The van der Waals surface area contributed by atoms with Crippen LogP contribution < -0.4 is 5.32 Å². The van der Waals surface area contributed by atoms with Crippen LogP contribution in [0.4, 0.5) is 10.1 Å². The average Bonchev–Trinajstić information content (AvgIpc) is 2.17. The van der Waals surface area contributed by atoms with Crippen molar-refractivity contribution in [1.82, 2.24) is 0 Å². The lowest BCUT2D eigenvalue weighted by Gasteiger charge is -2.15. The maximum Gasteiger partial charge on any atom is 0.123 e. The molecule has 0 bridgehead atoms. The predicted molar refractivity (Wildman–Crippen MR) is 56.5 cm³/mol. The van der Waals surface area contributed by atoms with E-state index in [0.717, 1.165) is 18.5 Å². The van der Waals surface area contributed by atoms with Crippen LogP contribution in [0.3, 0.4) is 0 Å². The third kappa shape index (κ3) is 3.05. The highest BCUT2D eigenvalue weighted by atomic mass is 19.1. The molecule has 0 fully saturated rings. The van der Waals surface area contributed by atoms with E-state index in [1.54, 1.807) is 12.1 Å². The van der Waals surface area contributed by atoms with Gasteiger partial charge in [-0.15, -0.1) is 0 Å². The van der Waals surface area contributed by atoms with E-state index < -0.39 is 0 Å². The molecular weight excluding hydrogens is 165 g/mol. The van der Waals surface area contributed by atoms with Gasteiger partial charge in [0.15, 0.2) is 0 Å². The molecule has 0 heterocycles. The van der Waals surface area contributed by atoms with Crippen LogP contribution in [-0.2, 0) is 0 Å². The summed E-state index contributed by atoms with van der Waals surface area (Å²) < 4.78 is 12.6. The number of rotatable bonds is 4. The number of hydrogen-bond donors (Lipinski definition) is 1. The third-order valence-corrected chi connectivity index (χ3v) is 2.20. The van der Waals surface area contributed by atoms with Crippen molar-refractivity contribution in [3.8, 4) is 0 Å². The Labute approximate surface area is 80.5 Å². The number of halogens is 1. The first-order valence-corrected chi connectivity index (χ1v) is 4.78. The van der Waals surface area contributed by atoms with E-state index in [-0.39, 0.29) is 7.24 Å². The molecule has 0 saturated carbocycles. The molecule has 0 radical (unpaired) electrons. The summed E-state index contributed by atoms with van der Waals surface area (Å²) in [4.78, 5) is 0. The van der Waals surface area contributed by atoms with E-state index in [1.165, 1.54) is 12.1 Å². The minimum atomic E-state index is -0.185. The number of benzene rings is 1. The van der Waals surface area contributed by atoms with E-state index in [4.69, 9.17) is 0 Å². The average molecular weight is 183 g/mol. The van der Waals surface area contributed by atoms with Crippen molar-refractivity contribution in [1.29, 1.82) is 0 Å². The molecule has 0 aliphatic carbocycles. The first kappa shape index (κ1) is 10.0. The molecule has 0 atom stereocenters. The van der Waals surface area contributed by atoms with Crippen molar-refractivity contribution >= 4 is 5.69 Å². The van der Waals surface area contributed by atoms with Crippen molar-refractivity contribution in [2.45, 2.75) is 32.7 Å². The van der Waals surface area contributed by atoms with Gasteiger partial charge >= 0.3 is 0 Å². The highest BCUT2D eigenvalue weighted by Crippen LogP contribution is 2.12. The quantitative estimate of drug-likeness (QED) is 0.751. The van der Waals surface area contributed by atoms with Gasteiger partial charge in [-0.1, -0.05) is 13.8 Å². The first-order chi connectivity index (χ1) is 6.26. The fourth-order valence-corrected chi connectivity index (χ4v) is 1.27. The Kier molecular flexibility index (Phi) is 3.74. The van der Waals surface area contributed by atoms with Crippen LogP contribution in [0.1, 0.15) is 28.1 Å². The molecule has 1 nitrogen and oxygen atoms in total. The van der Waals surface area contributed by atoms with Gasteiger partial charge in [0, 0.05) is 13.2 Å². The van der Waals surface area contributed by atoms with Crippen molar-refractivity contribution < 1.29 is 5.82 Å². The summed E-state index contributed by atoms with van der Waals surface area (Å²) in [6.07, 6.45) is 2.18. The van der Waals surface area contributed by atoms with Gasteiger partial charge in [0.2, 0.25) is 0 Å². The normalized spacial score (nSPS) is 10.5. The lowest BCUT2D eigenvalue weighted by molar-refractivity contribution is 0.627. The summed E-state index contributed by atoms with van der Waals surface area (Å²) in [5.74, 6) is -0.185. The topological polar surface area (TPSA) is 12.0 Å². The van der Waals surface area contributed by atoms with Gasteiger partial charge in [-0.25, -0.2) is 4.39 Å². The fourth-order valence-electron chi connectivity index (χ4n) is 1.27. The second-order valence-electron chi connectivity index (χ2n) is 3.16. The molecule has 2 heteroatoms. The summed E-state index contributed by atoms with van der Waals surface area (Å²) >= 11 is 0. The van der Waals surface area contributed by atoms with E-state index in [2.05, 4.69) is 19.2 Å². The van der Waals surface area contributed by atoms with Crippen molar-refractivity contribution in [2.75, 3.05) is 5.32 Å². The van der Waals surface area contributed by atoms with Crippen LogP contribution in [0, 0.1) is 5.82 Å². The Hall–Kier alpha value is -1.05. The fraction of sp³-hybridized carbons (Fsp3) is 0.455. The Morgan fingerprint density at radius 3 is 2.23 bits per heavy atom. The molecule has 1 N–H and O–H groups in total. The summed E-state index contributed by atoms with van der Waals surface area (Å²) in [7, 11) is 0. The summed E-state index contributed by atoms with van der Waals surface area (Å²) in [6.45, 7) is 4.29. The number of anilines is 1. The highest BCUT2D eigenvalue weighted by molar-refractivity contribution is 5.43. The Bertz CT molecular complexity index is 244. The van der Waals surface area contributed by atoms with E-state index >= 15 is 0 Å². The third-order valence-electron chi connectivity index (χ3n) is 2.20. The largest absolute Gasteiger partial charge is 0.382 e. The molecule has 1 aromatic carbocycles. The van der Waals surface area contributed by atoms with Gasteiger partial charge in [0.1, 0.15) is 5.82 Å². The van der Waals surface area contributed by atoms with E-state index in [0.29, 0.717) is 6.04 Å². The van der Waals surface area contributed by atoms with Gasteiger partial charge in [-0.3, -0.25) is 0 Å². The summed E-state index contributed by atoms with van der Waals surface area (Å²) in [5.41, 5.74) is 0.995. The Morgan fingerprint density at radius 2 is 1.77 bits per heavy atom. The van der Waals surface area contributed by atoms with Crippen LogP contribution in [0.15, 0.2) is 24.3 Å². The predicted octanol–water partition coefficient (Wildman–Crippen LogP) is 3.67. The molecule has 0 unspecified atom stereocenters. The molecule has 0 spiro atoms. The second-order valence-corrected chi connectivity index (χ2v) is 3.16. The van der Waals surface area contributed by atoms with Crippen LogP contribution in [-0.4, -0.2) is 6.04 Å². The summed E-state index contributed by atoms with van der Waals surface area (Å²) in [5, 5.41) is 3.34. The van der Waals surface area contributed by atoms with Crippen LogP contribution in [0.5, 0.6) is 0 Å². The van der Waals surface area contributed by atoms with Gasteiger partial charge in [0.25, 0.3) is 0 Å². The van der Waals surface area contributed by atoms with Gasteiger partial charge < -0.3 is 5.32 Å². The zero-order valence-corrected chi connectivity index (χ0v) is 8.18.